The molecule has 4 heteroatoms. The molecular formula is C9H11NO3. The van der Waals surface area contributed by atoms with E-state index in [1.54, 1.807) is 0 Å². The first-order valence-electron chi connectivity index (χ1n) is 4.39. The Morgan fingerprint density at radius 2 is 2.46 bits per heavy atom. The zero-order chi connectivity index (χ0) is 9.42. The molecule has 0 fully saturated rings. The number of aryl methyl sites for hydroxylation is 1. The van der Waals surface area contributed by atoms with Crippen LogP contribution in [0.25, 0.3) is 0 Å². The van der Waals surface area contributed by atoms with E-state index in [0.29, 0.717) is 5.92 Å². The van der Waals surface area contributed by atoms with Crippen molar-refractivity contribution in [3.05, 3.63) is 17.0 Å². The van der Waals surface area contributed by atoms with Crippen LogP contribution in [0.1, 0.15) is 35.2 Å². The topological polar surface area (TPSA) is 63.3 Å². The monoisotopic (exact) mass is 181 g/mol. The van der Waals surface area contributed by atoms with Gasteiger partial charge in [-0.05, 0) is 18.8 Å². The van der Waals surface area contributed by atoms with Gasteiger partial charge in [0, 0.05) is 12.0 Å². The van der Waals surface area contributed by atoms with E-state index >= 15 is 0 Å². The Hall–Kier alpha value is -1.32. The van der Waals surface area contributed by atoms with Crippen molar-refractivity contribution in [3.63, 3.8) is 0 Å². The number of aromatic carboxylic acids is 1. The fourth-order valence-electron chi connectivity index (χ4n) is 1.75. The van der Waals surface area contributed by atoms with Crippen molar-refractivity contribution < 1.29 is 14.4 Å². The van der Waals surface area contributed by atoms with Gasteiger partial charge in [0.25, 0.3) is 0 Å². The molecular weight excluding hydrogens is 170 g/mol. The molecule has 0 unspecified atom stereocenters. The highest BCUT2D eigenvalue weighted by Gasteiger charge is 2.26. The Morgan fingerprint density at radius 1 is 1.69 bits per heavy atom. The molecule has 0 spiro atoms. The molecule has 1 aliphatic rings. The van der Waals surface area contributed by atoms with E-state index in [-0.39, 0.29) is 5.69 Å². The Morgan fingerprint density at radius 3 is 3.15 bits per heavy atom. The lowest BCUT2D eigenvalue weighted by atomic mass is 9.88. The number of carbonyl (C=O) groups is 1. The standard InChI is InChI=1S/C9H11NO3/c1-5-2-3-7-6(4-5)8(9(11)12)10-13-7/h5H,2-4H2,1H3,(H,11,12)/t5-/m1/s1. The zero-order valence-electron chi connectivity index (χ0n) is 7.41. The fourth-order valence-corrected chi connectivity index (χ4v) is 1.75. The molecule has 1 aliphatic carbocycles. The Labute approximate surface area is 75.5 Å². The van der Waals surface area contributed by atoms with Crippen LogP contribution in [0.5, 0.6) is 0 Å². The van der Waals surface area contributed by atoms with Gasteiger partial charge < -0.3 is 9.63 Å². The first-order chi connectivity index (χ1) is 6.18. The van der Waals surface area contributed by atoms with Gasteiger partial charge in [-0.15, -0.1) is 0 Å². The lowest BCUT2D eigenvalue weighted by Gasteiger charge is -2.15. The summed E-state index contributed by atoms with van der Waals surface area (Å²) < 4.78 is 4.97. The van der Waals surface area contributed by atoms with E-state index in [1.807, 2.05) is 0 Å². The molecule has 0 aromatic carbocycles. The molecule has 13 heavy (non-hydrogen) atoms. The van der Waals surface area contributed by atoms with Crippen LogP contribution in [0.3, 0.4) is 0 Å². The van der Waals surface area contributed by atoms with Gasteiger partial charge in [0.05, 0.1) is 0 Å². The third kappa shape index (κ3) is 1.32. The number of nitrogens with zero attached hydrogens (tertiary/aromatic N) is 1. The van der Waals surface area contributed by atoms with Crippen LogP contribution in [0.4, 0.5) is 0 Å². The molecule has 2 rings (SSSR count). The number of hydrogen-bond acceptors (Lipinski definition) is 3. The van der Waals surface area contributed by atoms with Crippen molar-refractivity contribution in [3.8, 4) is 0 Å². The molecule has 1 atom stereocenters. The molecule has 1 N–H and O–H groups in total. The summed E-state index contributed by atoms with van der Waals surface area (Å²) in [6, 6.07) is 0. The van der Waals surface area contributed by atoms with Crippen LogP contribution in [0, 0.1) is 5.92 Å². The fraction of sp³-hybridized carbons (Fsp3) is 0.556. The van der Waals surface area contributed by atoms with Crippen molar-refractivity contribution in [1.82, 2.24) is 5.16 Å². The highest BCUT2D eigenvalue weighted by Crippen LogP contribution is 2.27. The molecule has 0 aliphatic heterocycles. The predicted molar refractivity (Wildman–Crippen MR) is 44.7 cm³/mol. The molecule has 4 nitrogen and oxygen atoms in total. The van der Waals surface area contributed by atoms with E-state index in [9.17, 15) is 4.79 Å². The highest BCUT2D eigenvalue weighted by atomic mass is 16.5. The van der Waals surface area contributed by atoms with Gasteiger partial charge in [-0.1, -0.05) is 12.1 Å². The van der Waals surface area contributed by atoms with Crippen molar-refractivity contribution in [1.29, 1.82) is 0 Å². The maximum atomic E-state index is 10.7. The minimum Gasteiger partial charge on any atom is -0.476 e. The summed E-state index contributed by atoms with van der Waals surface area (Å²) in [6.45, 7) is 2.11. The highest BCUT2D eigenvalue weighted by molar-refractivity contribution is 5.87. The number of aromatic nitrogens is 1. The Kier molecular flexibility index (Phi) is 1.83. The largest absolute Gasteiger partial charge is 0.476 e. The molecule has 0 saturated heterocycles. The van der Waals surface area contributed by atoms with Gasteiger partial charge in [-0.2, -0.15) is 0 Å². The second-order valence-electron chi connectivity index (χ2n) is 3.59. The zero-order valence-corrected chi connectivity index (χ0v) is 7.41. The van der Waals surface area contributed by atoms with Gasteiger partial charge in [0.2, 0.25) is 0 Å². The molecule has 0 amide bonds. The van der Waals surface area contributed by atoms with E-state index in [1.165, 1.54) is 0 Å². The van der Waals surface area contributed by atoms with Crippen molar-refractivity contribution in [2.24, 2.45) is 5.92 Å². The van der Waals surface area contributed by atoms with Gasteiger partial charge in [0.1, 0.15) is 5.76 Å². The molecule has 1 aromatic heterocycles. The average Bonchev–Trinajstić information content (AvgIpc) is 2.46. The molecule has 1 aromatic rings. The number of carboxylic acid groups (broad SMARTS) is 1. The molecule has 70 valence electrons. The molecule has 0 radical (unpaired) electrons. The van der Waals surface area contributed by atoms with E-state index in [4.69, 9.17) is 9.63 Å². The second kappa shape index (κ2) is 2.87. The van der Waals surface area contributed by atoms with Gasteiger partial charge in [0.15, 0.2) is 5.69 Å². The van der Waals surface area contributed by atoms with Crippen molar-refractivity contribution in [2.45, 2.75) is 26.2 Å². The van der Waals surface area contributed by atoms with E-state index in [2.05, 4.69) is 12.1 Å². The summed E-state index contributed by atoms with van der Waals surface area (Å²) in [6.07, 6.45) is 2.65. The third-order valence-electron chi connectivity index (χ3n) is 2.49. The van der Waals surface area contributed by atoms with Crippen LogP contribution in [-0.2, 0) is 12.8 Å². The molecule has 0 saturated carbocycles. The van der Waals surface area contributed by atoms with Crippen LogP contribution in [0.15, 0.2) is 4.52 Å². The molecule has 1 heterocycles. The minimum absolute atomic E-state index is 0.0987. The summed E-state index contributed by atoms with van der Waals surface area (Å²) in [5.41, 5.74) is 0.896. The summed E-state index contributed by atoms with van der Waals surface area (Å²) in [5, 5.41) is 12.4. The summed E-state index contributed by atoms with van der Waals surface area (Å²) in [7, 11) is 0. The predicted octanol–water partition coefficient (Wildman–Crippen LogP) is 1.50. The maximum Gasteiger partial charge on any atom is 0.358 e. The van der Waals surface area contributed by atoms with Crippen LogP contribution >= 0.6 is 0 Å². The van der Waals surface area contributed by atoms with E-state index in [0.717, 1.165) is 30.6 Å². The van der Waals surface area contributed by atoms with Crippen LogP contribution in [0.2, 0.25) is 0 Å². The van der Waals surface area contributed by atoms with Crippen LogP contribution < -0.4 is 0 Å². The minimum atomic E-state index is -0.987. The van der Waals surface area contributed by atoms with Crippen molar-refractivity contribution in [2.75, 3.05) is 0 Å². The average molecular weight is 181 g/mol. The molecule has 0 bridgehead atoms. The first kappa shape index (κ1) is 8.29. The summed E-state index contributed by atoms with van der Waals surface area (Å²) >= 11 is 0. The Balaban J connectivity index is 2.41. The normalized spacial score (nSPS) is 21.2. The van der Waals surface area contributed by atoms with Crippen LogP contribution in [-0.4, -0.2) is 16.2 Å². The SMILES string of the molecule is C[C@@H]1CCc2onc(C(=O)O)c2C1. The number of hydrogen-bond donors (Lipinski definition) is 1. The Bertz CT molecular complexity index is 343. The summed E-state index contributed by atoms with van der Waals surface area (Å²) in [5.74, 6) is 0.305. The second-order valence-corrected chi connectivity index (χ2v) is 3.59. The van der Waals surface area contributed by atoms with E-state index < -0.39 is 5.97 Å². The van der Waals surface area contributed by atoms with Crippen molar-refractivity contribution >= 4 is 5.97 Å². The quantitative estimate of drug-likeness (QED) is 0.713. The number of fused-ring (bicyclic) bond motifs is 1. The number of carboxylic acids is 1. The lowest BCUT2D eigenvalue weighted by Crippen LogP contribution is -2.12. The maximum absolute atomic E-state index is 10.7. The number of rotatable bonds is 1. The lowest BCUT2D eigenvalue weighted by molar-refractivity contribution is 0.0684. The van der Waals surface area contributed by atoms with Gasteiger partial charge in [-0.25, -0.2) is 4.79 Å². The first-order valence-corrected chi connectivity index (χ1v) is 4.39. The van der Waals surface area contributed by atoms with Gasteiger partial charge >= 0.3 is 5.97 Å². The van der Waals surface area contributed by atoms with Gasteiger partial charge in [-0.3, -0.25) is 0 Å². The summed E-state index contributed by atoms with van der Waals surface area (Å²) in [4.78, 5) is 10.7. The third-order valence-corrected chi connectivity index (χ3v) is 2.49. The smallest absolute Gasteiger partial charge is 0.358 e.